The molecule has 0 saturated carbocycles. The Morgan fingerprint density at radius 2 is 2.34 bits per heavy atom. The van der Waals surface area contributed by atoms with E-state index in [1.807, 2.05) is 4.90 Å². The van der Waals surface area contributed by atoms with Crippen LogP contribution in [0.2, 0.25) is 0 Å². The van der Waals surface area contributed by atoms with E-state index in [2.05, 4.69) is 4.99 Å². The first-order valence-electron chi connectivity index (χ1n) is 8.84. The quantitative estimate of drug-likeness (QED) is 0.501. The lowest BCUT2D eigenvalue weighted by molar-refractivity contribution is 0.0552. The fraction of sp³-hybridized carbons (Fsp3) is 0.316. The number of hydrogen-bond acceptors (Lipinski definition) is 6. The van der Waals surface area contributed by atoms with E-state index in [0.29, 0.717) is 41.3 Å². The second-order valence-corrected chi connectivity index (χ2v) is 7.79. The number of rotatable bonds is 4. The van der Waals surface area contributed by atoms with Crippen LogP contribution in [0, 0.1) is 5.82 Å². The van der Waals surface area contributed by atoms with E-state index in [-0.39, 0.29) is 22.9 Å². The summed E-state index contributed by atoms with van der Waals surface area (Å²) < 4.78 is 22.5. The Balaban J connectivity index is 2.11. The molecule has 10 heteroatoms. The van der Waals surface area contributed by atoms with Crippen molar-refractivity contribution in [3.63, 3.8) is 0 Å². The molecule has 7 nitrogen and oxygen atoms in total. The maximum atomic E-state index is 15.3. The average molecular weight is 438 g/mol. The molecule has 2 aromatic heterocycles. The van der Waals surface area contributed by atoms with Gasteiger partial charge in [-0.05, 0) is 6.07 Å². The lowest BCUT2D eigenvalue weighted by atomic mass is 10.0. The number of aliphatic imine (C=N–C) groups is 1. The smallest absolute Gasteiger partial charge is 0.342 e. The largest absolute Gasteiger partial charge is 0.477 e. The van der Waals surface area contributed by atoms with E-state index < -0.39 is 17.2 Å². The molecule has 1 fully saturated rings. The summed E-state index contributed by atoms with van der Waals surface area (Å²) in [6, 6.07) is 1.11. The zero-order chi connectivity index (χ0) is 20.7. The summed E-state index contributed by atoms with van der Waals surface area (Å²) in [6.45, 7) is 1.24. The third-order valence-corrected chi connectivity index (χ3v) is 6.12. The van der Waals surface area contributed by atoms with Crippen molar-refractivity contribution in [1.82, 2.24) is 4.40 Å². The Labute approximate surface area is 173 Å². The summed E-state index contributed by atoms with van der Waals surface area (Å²) in [5.41, 5.74) is 0.0516. The van der Waals surface area contributed by atoms with Gasteiger partial charge >= 0.3 is 5.97 Å². The second-order valence-electron chi connectivity index (χ2n) is 6.58. The van der Waals surface area contributed by atoms with E-state index >= 15 is 4.39 Å². The fourth-order valence-corrected chi connectivity index (χ4v) is 4.79. The maximum Gasteiger partial charge on any atom is 0.342 e. The summed E-state index contributed by atoms with van der Waals surface area (Å²) in [7, 11) is 1.56. The number of aromatic nitrogens is 1. The van der Waals surface area contributed by atoms with Crippen LogP contribution in [0.5, 0.6) is 0 Å². The minimum absolute atomic E-state index is 0.00315. The van der Waals surface area contributed by atoms with Gasteiger partial charge in [-0.3, -0.25) is 9.79 Å². The van der Waals surface area contributed by atoms with Crippen molar-refractivity contribution in [2.45, 2.75) is 6.10 Å². The number of ether oxygens (including phenoxy) is 1. The van der Waals surface area contributed by atoms with Crippen LogP contribution >= 0.6 is 22.9 Å². The molecular formula is C19H17ClFN3O4S. The predicted octanol–water partition coefficient (Wildman–Crippen LogP) is 2.84. The van der Waals surface area contributed by atoms with E-state index in [1.165, 1.54) is 6.21 Å². The van der Waals surface area contributed by atoms with Gasteiger partial charge in [-0.2, -0.15) is 0 Å². The molecule has 1 atom stereocenters. The standard InChI is InChI=1S/C19H17ClFN3O4S/c1-22-8-12-15-11(17(25)14(19(26)27)18-24(15)3-5-29-18)6-13(21)16(12)23-2-4-28-10(7-20)9-23/h3,5-6,8,10H,2,4,7,9H2,1H3,(H,26,27). The molecule has 0 amide bonds. The Morgan fingerprint density at radius 1 is 1.55 bits per heavy atom. The average Bonchev–Trinajstić information content (AvgIpc) is 3.17. The van der Waals surface area contributed by atoms with Crippen molar-refractivity contribution in [3.8, 4) is 0 Å². The van der Waals surface area contributed by atoms with Gasteiger partial charge in [0.05, 0.1) is 35.2 Å². The van der Waals surface area contributed by atoms with Crippen LogP contribution in [0.4, 0.5) is 10.1 Å². The number of pyridine rings is 1. The summed E-state index contributed by atoms with van der Waals surface area (Å²) in [6.07, 6.45) is 2.92. The molecule has 3 heterocycles. The monoisotopic (exact) mass is 437 g/mol. The van der Waals surface area contributed by atoms with Crippen LogP contribution in [-0.2, 0) is 4.74 Å². The van der Waals surface area contributed by atoms with Gasteiger partial charge in [-0.1, -0.05) is 0 Å². The fourth-order valence-electron chi connectivity index (χ4n) is 3.73. The molecule has 1 saturated heterocycles. The highest BCUT2D eigenvalue weighted by Gasteiger charge is 2.28. The molecule has 0 bridgehead atoms. The number of alkyl halides is 1. The van der Waals surface area contributed by atoms with Crippen LogP contribution in [0.1, 0.15) is 15.9 Å². The van der Waals surface area contributed by atoms with E-state index in [9.17, 15) is 14.7 Å². The Bertz CT molecular complexity index is 1210. The highest BCUT2D eigenvalue weighted by molar-refractivity contribution is 7.16. The first-order chi connectivity index (χ1) is 14.0. The van der Waals surface area contributed by atoms with Crippen molar-refractivity contribution < 1.29 is 19.0 Å². The molecule has 3 aromatic rings. The van der Waals surface area contributed by atoms with E-state index in [0.717, 1.165) is 17.4 Å². The molecule has 1 aromatic carbocycles. The van der Waals surface area contributed by atoms with E-state index in [4.69, 9.17) is 16.3 Å². The number of carboxylic acid groups (broad SMARTS) is 1. The van der Waals surface area contributed by atoms with Gasteiger partial charge in [0.2, 0.25) is 5.43 Å². The lowest BCUT2D eigenvalue weighted by Crippen LogP contribution is -2.44. The van der Waals surface area contributed by atoms with Gasteiger partial charge < -0.3 is 19.1 Å². The molecule has 1 aliphatic rings. The molecule has 152 valence electrons. The number of benzene rings is 1. The lowest BCUT2D eigenvalue weighted by Gasteiger charge is -2.35. The van der Waals surface area contributed by atoms with Crippen molar-refractivity contribution in [2.75, 3.05) is 37.5 Å². The molecule has 29 heavy (non-hydrogen) atoms. The third kappa shape index (κ3) is 3.19. The maximum absolute atomic E-state index is 15.3. The number of carbonyl (C=O) groups is 1. The first-order valence-corrected chi connectivity index (χ1v) is 10.2. The normalized spacial score (nSPS) is 17.6. The molecule has 1 aliphatic heterocycles. The molecule has 0 radical (unpaired) electrons. The van der Waals surface area contributed by atoms with Crippen LogP contribution in [0.3, 0.4) is 0 Å². The van der Waals surface area contributed by atoms with Crippen molar-refractivity contribution in [3.05, 3.63) is 44.8 Å². The van der Waals surface area contributed by atoms with Gasteiger partial charge in [0.25, 0.3) is 0 Å². The minimum atomic E-state index is -1.34. The first kappa shape index (κ1) is 19.8. The molecule has 1 unspecified atom stereocenters. The summed E-state index contributed by atoms with van der Waals surface area (Å²) in [5.74, 6) is -1.68. The van der Waals surface area contributed by atoms with Gasteiger partial charge in [-0.15, -0.1) is 22.9 Å². The minimum Gasteiger partial charge on any atom is -0.477 e. The Morgan fingerprint density at radius 3 is 3.03 bits per heavy atom. The molecule has 4 rings (SSSR count). The third-order valence-electron chi connectivity index (χ3n) is 4.90. The number of halogens is 2. The Hall–Kier alpha value is -2.49. The number of aromatic carboxylic acids is 1. The Kier molecular flexibility index (Phi) is 5.28. The second kappa shape index (κ2) is 7.74. The van der Waals surface area contributed by atoms with Crippen molar-refractivity contribution in [2.24, 2.45) is 4.99 Å². The number of anilines is 1. The molecule has 1 N–H and O–H groups in total. The van der Waals surface area contributed by atoms with Gasteiger partial charge in [0, 0.05) is 43.5 Å². The number of thiazole rings is 1. The highest BCUT2D eigenvalue weighted by Crippen LogP contribution is 2.33. The molecular weight excluding hydrogens is 421 g/mol. The molecule has 0 spiro atoms. The number of nitrogens with zero attached hydrogens (tertiary/aromatic N) is 3. The van der Waals surface area contributed by atoms with Gasteiger partial charge in [0.15, 0.2) is 0 Å². The number of morpholine rings is 1. The number of hydrogen-bond donors (Lipinski definition) is 1. The summed E-state index contributed by atoms with van der Waals surface area (Å²) in [5, 5.41) is 11.2. The number of carboxylic acids is 1. The SMILES string of the molecule is CN=Cc1c(N2CCOC(CCl)C2)c(F)cc2c(=O)c(C(=O)O)c3sccn3c12. The van der Waals surface area contributed by atoms with Gasteiger partial charge in [-0.25, -0.2) is 9.18 Å². The topological polar surface area (TPSA) is 83.6 Å². The summed E-state index contributed by atoms with van der Waals surface area (Å²) in [4.78, 5) is 30.8. The number of fused-ring (bicyclic) bond motifs is 3. The van der Waals surface area contributed by atoms with Crippen LogP contribution < -0.4 is 10.3 Å². The van der Waals surface area contributed by atoms with Gasteiger partial charge in [0.1, 0.15) is 16.2 Å². The zero-order valence-corrected chi connectivity index (χ0v) is 17.0. The van der Waals surface area contributed by atoms with Crippen LogP contribution in [-0.4, -0.2) is 60.4 Å². The van der Waals surface area contributed by atoms with E-state index in [1.54, 1.807) is 23.0 Å². The summed E-state index contributed by atoms with van der Waals surface area (Å²) >= 11 is 7.07. The highest BCUT2D eigenvalue weighted by atomic mass is 35.5. The van der Waals surface area contributed by atoms with Crippen LogP contribution in [0.25, 0.3) is 15.7 Å². The van der Waals surface area contributed by atoms with Crippen LogP contribution in [0.15, 0.2) is 27.4 Å². The predicted molar refractivity (Wildman–Crippen MR) is 112 cm³/mol. The van der Waals surface area contributed by atoms with Crippen molar-refractivity contribution in [1.29, 1.82) is 0 Å². The zero-order valence-electron chi connectivity index (χ0n) is 15.4. The molecule has 0 aliphatic carbocycles. The van der Waals surface area contributed by atoms with Crippen molar-refractivity contribution >= 4 is 56.5 Å².